The molecule has 3 nitrogen and oxygen atoms in total. The maximum atomic E-state index is 12.0. The molecule has 100 valence electrons. The molecule has 1 rings (SSSR count). The summed E-state index contributed by atoms with van der Waals surface area (Å²) in [5, 5.41) is 0. The molecule has 0 saturated carbocycles. The molecule has 0 aliphatic carbocycles. The summed E-state index contributed by atoms with van der Waals surface area (Å²) in [6.07, 6.45) is -4.03. The van der Waals surface area contributed by atoms with E-state index in [1.54, 1.807) is 12.1 Å². The molecule has 0 saturated heterocycles. The minimum Gasteiger partial charge on any atom is -0.493 e. The molecule has 0 radical (unpaired) electrons. The lowest BCUT2D eigenvalue weighted by Gasteiger charge is -2.13. The third-order valence-electron chi connectivity index (χ3n) is 2.00. The van der Waals surface area contributed by atoms with Gasteiger partial charge in [-0.25, -0.2) is 0 Å². The van der Waals surface area contributed by atoms with Gasteiger partial charge in [0.1, 0.15) is 0 Å². The van der Waals surface area contributed by atoms with Crippen LogP contribution in [-0.4, -0.2) is 24.9 Å². The van der Waals surface area contributed by atoms with E-state index in [9.17, 15) is 13.2 Å². The van der Waals surface area contributed by atoms with Crippen LogP contribution in [0.25, 0.3) is 0 Å². The number of thiocarbonyl (C=S) groups is 1. The van der Waals surface area contributed by atoms with Gasteiger partial charge in [-0.3, -0.25) is 0 Å². The van der Waals surface area contributed by atoms with Gasteiger partial charge in [-0.2, -0.15) is 13.2 Å². The average molecular weight is 279 g/mol. The van der Waals surface area contributed by atoms with Crippen molar-refractivity contribution in [1.29, 1.82) is 0 Å². The second-order valence-corrected chi connectivity index (χ2v) is 4.06. The molecule has 0 atom stereocenters. The number of rotatable bonds is 5. The second-order valence-electron chi connectivity index (χ2n) is 3.53. The number of hydrogen-bond acceptors (Lipinski definition) is 3. The summed E-state index contributed by atoms with van der Waals surface area (Å²) in [6.45, 7) is -1.36. The summed E-state index contributed by atoms with van der Waals surface area (Å²) < 4.78 is 45.7. The Morgan fingerprint density at radius 3 is 2.50 bits per heavy atom. The quantitative estimate of drug-likeness (QED) is 0.841. The standard InChI is InChI=1S/C11H12F3NO2S/c1-16-9-4-7(5-10(15)18)2-3-8(9)17-6-11(12,13)14/h2-4H,5-6H2,1H3,(H2,15,18). The number of ether oxygens (including phenoxy) is 2. The molecule has 0 heterocycles. The molecule has 0 aromatic heterocycles. The zero-order valence-electron chi connectivity index (χ0n) is 9.58. The van der Waals surface area contributed by atoms with Crippen molar-refractivity contribution in [2.45, 2.75) is 12.6 Å². The first-order valence-electron chi connectivity index (χ1n) is 4.96. The van der Waals surface area contributed by atoms with Crippen LogP contribution in [0.15, 0.2) is 18.2 Å². The van der Waals surface area contributed by atoms with Gasteiger partial charge in [0, 0.05) is 6.42 Å². The minimum atomic E-state index is -4.39. The van der Waals surface area contributed by atoms with Crippen molar-refractivity contribution in [3.63, 3.8) is 0 Å². The molecule has 1 aromatic carbocycles. The third kappa shape index (κ3) is 4.79. The normalized spacial score (nSPS) is 11.1. The van der Waals surface area contributed by atoms with Crippen LogP contribution in [0, 0.1) is 0 Å². The smallest absolute Gasteiger partial charge is 0.422 e. The van der Waals surface area contributed by atoms with E-state index < -0.39 is 12.8 Å². The van der Waals surface area contributed by atoms with Gasteiger partial charge in [0.05, 0.1) is 12.1 Å². The highest BCUT2D eigenvalue weighted by Crippen LogP contribution is 2.29. The van der Waals surface area contributed by atoms with E-state index in [0.29, 0.717) is 11.4 Å². The molecule has 0 unspecified atom stereocenters. The zero-order valence-corrected chi connectivity index (χ0v) is 10.4. The van der Waals surface area contributed by atoms with Gasteiger partial charge in [-0.05, 0) is 17.7 Å². The topological polar surface area (TPSA) is 44.5 Å². The predicted molar refractivity (Wildman–Crippen MR) is 65.0 cm³/mol. The highest BCUT2D eigenvalue weighted by Gasteiger charge is 2.29. The Morgan fingerprint density at radius 2 is 2.00 bits per heavy atom. The maximum Gasteiger partial charge on any atom is 0.422 e. The minimum absolute atomic E-state index is 0.0292. The maximum absolute atomic E-state index is 12.0. The van der Waals surface area contributed by atoms with Crippen molar-refractivity contribution in [3.05, 3.63) is 23.8 Å². The van der Waals surface area contributed by atoms with Crippen molar-refractivity contribution in [1.82, 2.24) is 0 Å². The van der Waals surface area contributed by atoms with Crippen molar-refractivity contribution in [2.24, 2.45) is 5.73 Å². The van der Waals surface area contributed by atoms with Gasteiger partial charge in [0.25, 0.3) is 0 Å². The number of alkyl halides is 3. The fourth-order valence-corrected chi connectivity index (χ4v) is 1.47. The van der Waals surface area contributed by atoms with E-state index in [-0.39, 0.29) is 11.5 Å². The molecule has 18 heavy (non-hydrogen) atoms. The fraction of sp³-hybridized carbons (Fsp3) is 0.364. The summed E-state index contributed by atoms with van der Waals surface area (Å²) >= 11 is 4.75. The predicted octanol–water partition coefficient (Wildman–Crippen LogP) is 2.46. The van der Waals surface area contributed by atoms with Gasteiger partial charge in [0.15, 0.2) is 18.1 Å². The molecular formula is C11H12F3NO2S. The summed E-state index contributed by atoms with van der Waals surface area (Å²) in [4.78, 5) is 0.293. The van der Waals surface area contributed by atoms with Crippen molar-refractivity contribution >= 4 is 17.2 Å². The van der Waals surface area contributed by atoms with Crippen molar-refractivity contribution in [3.8, 4) is 11.5 Å². The molecule has 0 aliphatic heterocycles. The van der Waals surface area contributed by atoms with Crippen LogP contribution >= 0.6 is 12.2 Å². The van der Waals surface area contributed by atoms with E-state index in [1.807, 2.05) is 0 Å². The molecule has 0 bridgehead atoms. The number of benzene rings is 1. The summed E-state index contributed by atoms with van der Waals surface area (Å²) in [7, 11) is 1.35. The van der Waals surface area contributed by atoms with Crippen LogP contribution in [0.3, 0.4) is 0 Å². The Hall–Kier alpha value is -1.50. The van der Waals surface area contributed by atoms with Crippen molar-refractivity contribution < 1.29 is 22.6 Å². The SMILES string of the molecule is COc1cc(CC(N)=S)ccc1OCC(F)(F)F. The average Bonchev–Trinajstić information content (AvgIpc) is 2.25. The van der Waals surface area contributed by atoms with Gasteiger partial charge in [-0.15, -0.1) is 0 Å². The van der Waals surface area contributed by atoms with Gasteiger partial charge in [-0.1, -0.05) is 18.3 Å². The molecular weight excluding hydrogens is 267 g/mol. The monoisotopic (exact) mass is 279 g/mol. The lowest BCUT2D eigenvalue weighted by molar-refractivity contribution is -0.153. The highest BCUT2D eigenvalue weighted by molar-refractivity contribution is 7.80. The fourth-order valence-electron chi connectivity index (χ4n) is 1.30. The molecule has 0 aliphatic rings. The highest BCUT2D eigenvalue weighted by atomic mass is 32.1. The molecule has 0 amide bonds. The Labute approximate surface area is 108 Å². The summed E-state index contributed by atoms with van der Waals surface area (Å²) in [6, 6.07) is 4.54. The molecule has 2 N–H and O–H groups in total. The van der Waals surface area contributed by atoms with E-state index in [4.69, 9.17) is 22.7 Å². The van der Waals surface area contributed by atoms with E-state index in [0.717, 1.165) is 5.56 Å². The van der Waals surface area contributed by atoms with Crippen LogP contribution in [0.2, 0.25) is 0 Å². The Morgan fingerprint density at radius 1 is 1.33 bits per heavy atom. The lowest BCUT2D eigenvalue weighted by atomic mass is 10.1. The Bertz CT molecular complexity index is 435. The Balaban J connectivity index is 2.83. The summed E-state index contributed by atoms with van der Waals surface area (Å²) in [5.41, 5.74) is 6.13. The number of nitrogens with two attached hydrogens (primary N) is 1. The van der Waals surface area contributed by atoms with Crippen LogP contribution in [0.1, 0.15) is 5.56 Å². The van der Waals surface area contributed by atoms with E-state index in [1.165, 1.54) is 13.2 Å². The van der Waals surface area contributed by atoms with Gasteiger partial charge < -0.3 is 15.2 Å². The zero-order chi connectivity index (χ0) is 13.8. The first-order chi connectivity index (χ1) is 8.31. The van der Waals surface area contributed by atoms with Crippen LogP contribution in [-0.2, 0) is 6.42 Å². The van der Waals surface area contributed by atoms with Gasteiger partial charge in [0.2, 0.25) is 0 Å². The number of hydrogen-bond donors (Lipinski definition) is 1. The third-order valence-corrected chi connectivity index (χ3v) is 2.14. The van der Waals surface area contributed by atoms with Gasteiger partial charge >= 0.3 is 6.18 Å². The largest absolute Gasteiger partial charge is 0.493 e. The molecule has 7 heteroatoms. The van der Waals surface area contributed by atoms with E-state index >= 15 is 0 Å². The number of methoxy groups -OCH3 is 1. The molecule has 0 spiro atoms. The first-order valence-corrected chi connectivity index (χ1v) is 5.37. The lowest BCUT2D eigenvalue weighted by Crippen LogP contribution is -2.19. The molecule has 1 aromatic rings. The van der Waals surface area contributed by atoms with E-state index in [2.05, 4.69) is 4.74 Å². The first kappa shape index (κ1) is 14.6. The molecule has 0 fully saturated rings. The van der Waals surface area contributed by atoms with Crippen molar-refractivity contribution in [2.75, 3.05) is 13.7 Å². The van der Waals surface area contributed by atoms with Crippen LogP contribution in [0.4, 0.5) is 13.2 Å². The summed E-state index contributed by atoms with van der Waals surface area (Å²) in [5.74, 6) is 0.245. The van der Waals surface area contributed by atoms with Crippen LogP contribution in [0.5, 0.6) is 11.5 Å². The second kappa shape index (κ2) is 5.90. The number of halogens is 3. The van der Waals surface area contributed by atoms with Crippen LogP contribution < -0.4 is 15.2 Å². The Kier molecular flexibility index (Phi) is 4.77.